The molecule has 3 fully saturated rings. The van der Waals surface area contributed by atoms with Gasteiger partial charge in [0.05, 0.1) is 4.87 Å². The van der Waals surface area contributed by atoms with Crippen LogP contribution in [0.25, 0.3) is 0 Å². The van der Waals surface area contributed by atoms with Crippen LogP contribution < -0.4 is 0 Å². The van der Waals surface area contributed by atoms with E-state index in [-0.39, 0.29) is 11.2 Å². The summed E-state index contributed by atoms with van der Waals surface area (Å²) in [6.45, 7) is 5.99. The van der Waals surface area contributed by atoms with Gasteiger partial charge in [-0.15, -0.1) is 23.2 Å². The largest absolute Gasteiger partial charge is 0.298 e. The van der Waals surface area contributed by atoms with E-state index in [2.05, 4.69) is 13.8 Å². The Hall–Kier alpha value is 0.250. The molecule has 0 aromatic carbocycles. The molecule has 3 atom stereocenters. The number of hydrogen-bond donors (Lipinski definition) is 0. The van der Waals surface area contributed by atoms with Crippen molar-refractivity contribution in [1.82, 2.24) is 0 Å². The van der Waals surface area contributed by atoms with Gasteiger partial charge in [0.1, 0.15) is 4.87 Å². The zero-order valence-corrected chi connectivity index (χ0v) is 9.67. The van der Waals surface area contributed by atoms with Gasteiger partial charge in [-0.25, -0.2) is 0 Å². The molecule has 0 saturated heterocycles. The van der Waals surface area contributed by atoms with Crippen LogP contribution in [0.4, 0.5) is 0 Å². The number of carbonyl (C=O) groups excluding carboxylic acids is 1. The summed E-state index contributed by atoms with van der Waals surface area (Å²) in [6, 6.07) is 0. The Morgan fingerprint density at radius 2 is 1.85 bits per heavy atom. The molecule has 0 aliphatic heterocycles. The third kappa shape index (κ3) is 0.835. The molecule has 74 valence electrons. The van der Waals surface area contributed by atoms with E-state index >= 15 is 0 Å². The number of carbonyl (C=O) groups is 1. The number of Topliss-reactive ketones (excluding diaryl/α,β-unsaturated/α-hetero) is 1. The Bertz CT molecular complexity index is 283. The van der Waals surface area contributed by atoms with E-state index in [9.17, 15) is 4.79 Å². The van der Waals surface area contributed by atoms with E-state index in [1.165, 1.54) is 0 Å². The summed E-state index contributed by atoms with van der Waals surface area (Å²) < 4.78 is 0. The minimum absolute atomic E-state index is 0.00103. The lowest BCUT2D eigenvalue weighted by atomic mass is 9.44. The number of hydrogen-bond acceptors (Lipinski definition) is 1. The molecule has 3 rings (SSSR count). The molecule has 13 heavy (non-hydrogen) atoms. The van der Waals surface area contributed by atoms with Gasteiger partial charge in [0.15, 0.2) is 5.78 Å². The van der Waals surface area contributed by atoms with E-state index in [0.29, 0.717) is 12.3 Å². The number of halogens is 2. The molecule has 0 heterocycles. The number of rotatable bonds is 0. The third-order valence-corrected chi connectivity index (χ3v) is 5.92. The average molecular weight is 221 g/mol. The maximum absolute atomic E-state index is 11.6. The lowest BCUT2D eigenvalue weighted by molar-refractivity contribution is -0.143. The van der Waals surface area contributed by atoms with Crippen molar-refractivity contribution in [3.8, 4) is 0 Å². The fourth-order valence-electron chi connectivity index (χ4n) is 2.81. The first-order valence-corrected chi connectivity index (χ1v) is 5.40. The molecule has 1 nitrogen and oxygen atoms in total. The quantitative estimate of drug-likeness (QED) is 0.574. The Balaban J connectivity index is 2.46. The first-order valence-electron chi connectivity index (χ1n) is 4.64. The van der Waals surface area contributed by atoms with Crippen LogP contribution in [0, 0.1) is 11.3 Å². The van der Waals surface area contributed by atoms with Crippen LogP contribution in [-0.2, 0) is 4.79 Å². The van der Waals surface area contributed by atoms with E-state index in [1.807, 2.05) is 0 Å². The van der Waals surface area contributed by atoms with Gasteiger partial charge in [-0.05, 0) is 24.7 Å². The fourth-order valence-corrected chi connectivity index (χ4v) is 3.65. The molecule has 0 radical (unpaired) electrons. The Morgan fingerprint density at radius 3 is 2.23 bits per heavy atom. The second-order valence-corrected chi connectivity index (χ2v) is 6.46. The van der Waals surface area contributed by atoms with Gasteiger partial charge in [-0.2, -0.15) is 0 Å². The highest BCUT2D eigenvalue weighted by Crippen LogP contribution is 2.69. The van der Waals surface area contributed by atoms with Crippen LogP contribution >= 0.6 is 23.2 Å². The molecule has 3 aliphatic carbocycles. The number of fused-ring (bicyclic) bond motifs is 2. The zero-order valence-electron chi connectivity index (χ0n) is 8.16. The molecule has 0 aromatic heterocycles. The van der Waals surface area contributed by atoms with Crippen molar-refractivity contribution in [2.24, 2.45) is 11.3 Å². The van der Waals surface area contributed by atoms with Crippen molar-refractivity contribution in [3.63, 3.8) is 0 Å². The summed E-state index contributed by atoms with van der Waals surface area (Å²) in [6.07, 6.45) is 1.48. The molecule has 3 aliphatic rings. The first kappa shape index (κ1) is 9.79. The van der Waals surface area contributed by atoms with Crippen molar-refractivity contribution in [2.75, 3.05) is 0 Å². The monoisotopic (exact) mass is 220 g/mol. The van der Waals surface area contributed by atoms with Crippen molar-refractivity contribution in [1.29, 1.82) is 0 Å². The maximum Gasteiger partial charge on any atom is 0.155 e. The van der Waals surface area contributed by atoms with Crippen molar-refractivity contribution in [3.05, 3.63) is 0 Å². The van der Waals surface area contributed by atoms with Gasteiger partial charge in [0.2, 0.25) is 0 Å². The van der Waals surface area contributed by atoms with Crippen molar-refractivity contribution >= 4 is 29.0 Å². The van der Waals surface area contributed by atoms with E-state index < -0.39 is 9.75 Å². The topological polar surface area (TPSA) is 17.1 Å². The van der Waals surface area contributed by atoms with Crippen molar-refractivity contribution in [2.45, 2.75) is 43.4 Å². The highest BCUT2D eigenvalue weighted by molar-refractivity contribution is 6.44. The van der Waals surface area contributed by atoms with Crippen LogP contribution in [0.15, 0.2) is 0 Å². The van der Waals surface area contributed by atoms with E-state index in [0.717, 1.165) is 6.42 Å². The van der Waals surface area contributed by atoms with Crippen LogP contribution in [0.3, 0.4) is 0 Å². The minimum Gasteiger partial charge on any atom is -0.298 e. The fraction of sp³-hybridized carbons (Fsp3) is 0.900. The van der Waals surface area contributed by atoms with E-state index in [1.54, 1.807) is 6.92 Å². The van der Waals surface area contributed by atoms with Crippen LogP contribution in [0.1, 0.15) is 33.6 Å². The average Bonchev–Trinajstić information content (AvgIpc) is 2.00. The molecule has 0 amide bonds. The first-order chi connectivity index (χ1) is 5.73. The molecule has 0 spiro atoms. The molecule has 3 heteroatoms. The zero-order chi connectivity index (χ0) is 10.1. The lowest BCUT2D eigenvalue weighted by Crippen LogP contribution is -2.73. The smallest absolute Gasteiger partial charge is 0.155 e. The lowest BCUT2D eigenvalue weighted by Gasteiger charge is -2.66. The highest BCUT2D eigenvalue weighted by atomic mass is 35.5. The molecular weight excluding hydrogens is 207 g/mol. The van der Waals surface area contributed by atoms with Gasteiger partial charge in [0.25, 0.3) is 0 Å². The van der Waals surface area contributed by atoms with Crippen molar-refractivity contribution < 1.29 is 4.79 Å². The van der Waals surface area contributed by atoms with Crippen LogP contribution in [0.5, 0.6) is 0 Å². The van der Waals surface area contributed by atoms with Gasteiger partial charge in [-0.1, -0.05) is 13.8 Å². The maximum atomic E-state index is 11.6. The molecule has 0 aromatic rings. The second-order valence-electron chi connectivity index (χ2n) is 5.05. The molecular formula is C10H14Cl2O. The predicted molar refractivity (Wildman–Crippen MR) is 54.4 cm³/mol. The van der Waals surface area contributed by atoms with Gasteiger partial charge in [0, 0.05) is 6.42 Å². The molecule has 0 N–H and O–H groups in total. The summed E-state index contributed by atoms with van der Waals surface area (Å²) in [4.78, 5) is 10.2. The summed E-state index contributed by atoms with van der Waals surface area (Å²) in [5.41, 5.74) is -0.00103. The number of ketones is 1. The van der Waals surface area contributed by atoms with Gasteiger partial charge in [-0.3, -0.25) is 4.79 Å². The summed E-state index contributed by atoms with van der Waals surface area (Å²) in [7, 11) is 0. The molecule has 3 saturated carbocycles. The van der Waals surface area contributed by atoms with Gasteiger partial charge >= 0.3 is 0 Å². The second kappa shape index (κ2) is 2.25. The van der Waals surface area contributed by atoms with Crippen LogP contribution in [0.2, 0.25) is 0 Å². The van der Waals surface area contributed by atoms with Gasteiger partial charge < -0.3 is 0 Å². The summed E-state index contributed by atoms with van der Waals surface area (Å²) >= 11 is 12.7. The third-order valence-electron chi connectivity index (χ3n) is 4.27. The molecule has 3 unspecified atom stereocenters. The normalized spacial score (nSPS) is 53.0. The Labute approximate surface area is 88.8 Å². The number of alkyl halides is 2. The Morgan fingerprint density at radius 1 is 1.31 bits per heavy atom. The molecule has 2 bridgehead atoms. The SMILES string of the molecule is CC1(Cl)C(=O)CC2CC1(Cl)C2(C)C. The standard InChI is InChI=1S/C10H14Cl2O/c1-8(2)6-4-7(13)9(3,11)10(8,12)5-6/h6H,4-5H2,1-3H3. The summed E-state index contributed by atoms with van der Waals surface area (Å²) in [5.74, 6) is 0.545. The highest BCUT2D eigenvalue weighted by Gasteiger charge is 2.72. The Kier molecular flexibility index (Phi) is 1.69. The van der Waals surface area contributed by atoms with E-state index in [4.69, 9.17) is 23.2 Å². The minimum atomic E-state index is -0.868. The predicted octanol–water partition coefficient (Wildman–Crippen LogP) is 2.98. The summed E-state index contributed by atoms with van der Waals surface area (Å²) in [5, 5.41) is 0. The van der Waals surface area contributed by atoms with Crippen LogP contribution in [-0.4, -0.2) is 15.5 Å².